The molecule has 1 aliphatic rings. The van der Waals surface area contributed by atoms with Gasteiger partial charge in [-0.05, 0) is 44.1 Å². The second-order valence-electron chi connectivity index (χ2n) is 4.91. The van der Waals surface area contributed by atoms with Crippen molar-refractivity contribution >= 4 is 0 Å². The van der Waals surface area contributed by atoms with Crippen molar-refractivity contribution in [2.75, 3.05) is 26.7 Å². The molecule has 1 aliphatic heterocycles. The first-order chi connectivity index (χ1) is 7.75. The third kappa shape index (κ3) is 3.03. The molecule has 0 radical (unpaired) electrons. The van der Waals surface area contributed by atoms with E-state index in [1.54, 1.807) is 0 Å². The van der Waals surface area contributed by atoms with Crippen LogP contribution in [-0.2, 0) is 6.54 Å². The molecular weight excluding hydrogens is 198 g/mol. The molecule has 0 spiro atoms. The summed E-state index contributed by atoms with van der Waals surface area (Å²) in [5.74, 6) is 1.58. The minimum atomic E-state index is 0.786. The molecule has 0 amide bonds. The van der Waals surface area contributed by atoms with Crippen molar-refractivity contribution in [3.05, 3.63) is 30.1 Å². The summed E-state index contributed by atoms with van der Waals surface area (Å²) in [5.41, 5.74) is 1.16. The first kappa shape index (κ1) is 11.6. The highest BCUT2D eigenvalue weighted by atomic mass is 15.1. The Kier molecular flexibility index (Phi) is 3.91. The smallest absolute Gasteiger partial charge is 0.0543 e. The van der Waals surface area contributed by atoms with E-state index in [4.69, 9.17) is 0 Å². The lowest BCUT2D eigenvalue weighted by Gasteiger charge is -2.22. The summed E-state index contributed by atoms with van der Waals surface area (Å²) < 4.78 is 0. The zero-order chi connectivity index (χ0) is 11.4. The molecule has 2 heterocycles. The maximum absolute atomic E-state index is 4.36. The molecule has 1 saturated heterocycles. The molecule has 2 atom stereocenters. The van der Waals surface area contributed by atoms with Gasteiger partial charge in [0.05, 0.1) is 5.69 Å². The van der Waals surface area contributed by atoms with E-state index in [0.717, 1.165) is 37.2 Å². The van der Waals surface area contributed by atoms with Crippen LogP contribution in [0.15, 0.2) is 24.4 Å². The van der Waals surface area contributed by atoms with Crippen LogP contribution < -0.4 is 5.32 Å². The number of rotatable bonds is 4. The fourth-order valence-electron chi connectivity index (χ4n) is 2.34. The van der Waals surface area contributed by atoms with Gasteiger partial charge in [0.2, 0.25) is 0 Å². The summed E-state index contributed by atoms with van der Waals surface area (Å²) >= 11 is 0. The van der Waals surface area contributed by atoms with E-state index in [0.29, 0.717) is 0 Å². The Labute approximate surface area is 97.9 Å². The Morgan fingerprint density at radius 2 is 2.31 bits per heavy atom. The van der Waals surface area contributed by atoms with Crippen LogP contribution in [0.4, 0.5) is 0 Å². The molecule has 0 unspecified atom stereocenters. The summed E-state index contributed by atoms with van der Waals surface area (Å²) in [5, 5.41) is 3.45. The fraction of sp³-hybridized carbons (Fsp3) is 0.615. The molecule has 88 valence electrons. The van der Waals surface area contributed by atoms with E-state index < -0.39 is 0 Å². The Bertz CT molecular complexity index is 312. The lowest BCUT2D eigenvalue weighted by atomic mass is 9.98. The molecule has 16 heavy (non-hydrogen) atoms. The van der Waals surface area contributed by atoms with Crippen LogP contribution >= 0.6 is 0 Å². The average molecular weight is 219 g/mol. The Balaban J connectivity index is 1.82. The molecule has 3 nitrogen and oxygen atoms in total. The van der Waals surface area contributed by atoms with Crippen molar-refractivity contribution < 1.29 is 0 Å². The van der Waals surface area contributed by atoms with E-state index in [9.17, 15) is 0 Å². The first-order valence-corrected chi connectivity index (χ1v) is 6.05. The number of pyridine rings is 1. The molecule has 2 rings (SSSR count). The van der Waals surface area contributed by atoms with Crippen LogP contribution in [-0.4, -0.2) is 36.6 Å². The van der Waals surface area contributed by atoms with E-state index in [-0.39, 0.29) is 0 Å². The average Bonchev–Trinajstić information content (AvgIpc) is 2.66. The van der Waals surface area contributed by atoms with Gasteiger partial charge in [-0.1, -0.05) is 13.0 Å². The largest absolute Gasteiger partial charge is 0.316 e. The van der Waals surface area contributed by atoms with Crippen molar-refractivity contribution in [2.24, 2.45) is 11.8 Å². The second kappa shape index (κ2) is 5.41. The fourth-order valence-corrected chi connectivity index (χ4v) is 2.34. The van der Waals surface area contributed by atoms with Crippen LogP contribution in [0.5, 0.6) is 0 Å². The minimum Gasteiger partial charge on any atom is -0.316 e. The van der Waals surface area contributed by atoms with Gasteiger partial charge >= 0.3 is 0 Å². The summed E-state index contributed by atoms with van der Waals surface area (Å²) in [7, 11) is 2.18. The number of nitrogens with zero attached hydrogens (tertiary/aromatic N) is 2. The lowest BCUT2D eigenvalue weighted by Crippen LogP contribution is -2.29. The van der Waals surface area contributed by atoms with Crippen molar-refractivity contribution in [3.8, 4) is 0 Å². The molecule has 0 saturated carbocycles. The lowest BCUT2D eigenvalue weighted by molar-refractivity contribution is 0.250. The van der Waals surface area contributed by atoms with Crippen molar-refractivity contribution in [1.29, 1.82) is 0 Å². The summed E-state index contributed by atoms with van der Waals surface area (Å²) in [4.78, 5) is 6.73. The standard InChI is InChI=1S/C13H21N3/c1-11-7-14-8-12(11)9-16(2)10-13-5-3-4-6-15-13/h3-6,11-12,14H,7-10H2,1-2H3/t11-,12+/m1/s1. The molecule has 1 fully saturated rings. The Morgan fingerprint density at radius 3 is 2.94 bits per heavy atom. The number of aromatic nitrogens is 1. The van der Waals surface area contributed by atoms with Gasteiger partial charge in [0.1, 0.15) is 0 Å². The highest BCUT2D eigenvalue weighted by Gasteiger charge is 2.23. The highest BCUT2D eigenvalue weighted by Crippen LogP contribution is 2.17. The molecule has 1 aromatic rings. The van der Waals surface area contributed by atoms with Gasteiger partial charge in [-0.25, -0.2) is 0 Å². The summed E-state index contributed by atoms with van der Waals surface area (Å²) in [6.07, 6.45) is 1.86. The molecule has 3 heteroatoms. The van der Waals surface area contributed by atoms with Crippen LogP contribution in [0.1, 0.15) is 12.6 Å². The van der Waals surface area contributed by atoms with E-state index in [1.807, 2.05) is 12.3 Å². The molecular formula is C13H21N3. The van der Waals surface area contributed by atoms with E-state index >= 15 is 0 Å². The van der Waals surface area contributed by atoms with Gasteiger partial charge < -0.3 is 10.2 Å². The van der Waals surface area contributed by atoms with Crippen LogP contribution in [0.2, 0.25) is 0 Å². The van der Waals surface area contributed by atoms with Gasteiger partial charge in [-0.3, -0.25) is 4.98 Å². The zero-order valence-corrected chi connectivity index (χ0v) is 10.2. The van der Waals surface area contributed by atoms with Gasteiger partial charge in [-0.2, -0.15) is 0 Å². The quantitative estimate of drug-likeness (QED) is 0.829. The normalized spacial score (nSPS) is 25.2. The van der Waals surface area contributed by atoms with Crippen LogP contribution in [0.3, 0.4) is 0 Å². The molecule has 0 aromatic carbocycles. The number of hydrogen-bond donors (Lipinski definition) is 1. The van der Waals surface area contributed by atoms with Gasteiger partial charge in [0.15, 0.2) is 0 Å². The Hall–Kier alpha value is -0.930. The van der Waals surface area contributed by atoms with Gasteiger partial charge in [0, 0.05) is 19.3 Å². The maximum atomic E-state index is 4.36. The SMILES string of the molecule is C[C@@H]1CNC[C@H]1CN(C)Cc1ccccn1. The number of hydrogen-bond acceptors (Lipinski definition) is 3. The molecule has 0 bridgehead atoms. The highest BCUT2D eigenvalue weighted by molar-refractivity contribution is 5.03. The van der Waals surface area contributed by atoms with Gasteiger partial charge in [0.25, 0.3) is 0 Å². The third-order valence-corrected chi connectivity index (χ3v) is 3.38. The topological polar surface area (TPSA) is 28.2 Å². The van der Waals surface area contributed by atoms with Crippen molar-refractivity contribution in [3.63, 3.8) is 0 Å². The summed E-state index contributed by atoms with van der Waals surface area (Å²) in [6.45, 7) is 6.77. The molecule has 1 aromatic heterocycles. The van der Waals surface area contributed by atoms with E-state index in [2.05, 4.69) is 41.3 Å². The van der Waals surface area contributed by atoms with Crippen molar-refractivity contribution in [2.45, 2.75) is 13.5 Å². The van der Waals surface area contributed by atoms with Gasteiger partial charge in [-0.15, -0.1) is 0 Å². The van der Waals surface area contributed by atoms with E-state index in [1.165, 1.54) is 6.54 Å². The first-order valence-electron chi connectivity index (χ1n) is 6.05. The monoisotopic (exact) mass is 219 g/mol. The zero-order valence-electron chi connectivity index (χ0n) is 10.2. The molecule has 0 aliphatic carbocycles. The van der Waals surface area contributed by atoms with Crippen molar-refractivity contribution in [1.82, 2.24) is 15.2 Å². The molecule has 1 N–H and O–H groups in total. The second-order valence-corrected chi connectivity index (χ2v) is 4.91. The predicted molar refractivity (Wildman–Crippen MR) is 66.1 cm³/mol. The third-order valence-electron chi connectivity index (χ3n) is 3.38. The predicted octanol–water partition coefficient (Wildman–Crippen LogP) is 1.37. The maximum Gasteiger partial charge on any atom is 0.0543 e. The minimum absolute atomic E-state index is 0.786. The Morgan fingerprint density at radius 1 is 1.44 bits per heavy atom. The van der Waals surface area contributed by atoms with Crippen LogP contribution in [0, 0.1) is 11.8 Å². The van der Waals surface area contributed by atoms with Crippen LogP contribution in [0.25, 0.3) is 0 Å². The summed E-state index contributed by atoms with van der Waals surface area (Å²) in [6, 6.07) is 6.11. The number of nitrogens with one attached hydrogen (secondary N) is 1.